The van der Waals surface area contributed by atoms with Crippen LogP contribution in [0.5, 0.6) is 0 Å². The Morgan fingerprint density at radius 2 is 1.84 bits per heavy atom. The average Bonchev–Trinajstić information content (AvgIpc) is 3.38. The van der Waals surface area contributed by atoms with Crippen LogP contribution in [0.4, 0.5) is 5.69 Å². The first-order valence-corrected chi connectivity index (χ1v) is 12.2. The highest BCUT2D eigenvalue weighted by atomic mass is 32.2. The van der Waals surface area contributed by atoms with Crippen molar-refractivity contribution in [2.75, 3.05) is 24.5 Å². The van der Waals surface area contributed by atoms with Gasteiger partial charge in [0, 0.05) is 30.9 Å². The second kappa shape index (κ2) is 8.88. The normalized spacial score (nSPS) is 13.6. The molecule has 0 atom stereocenters. The molecule has 1 aromatic heterocycles. The fourth-order valence-electron chi connectivity index (χ4n) is 4.05. The van der Waals surface area contributed by atoms with Crippen molar-refractivity contribution in [1.82, 2.24) is 9.29 Å². The van der Waals surface area contributed by atoms with Crippen molar-refractivity contribution >= 4 is 21.6 Å². The fraction of sp³-hybridized carbons (Fsp3) is 0.333. The molecule has 168 valence electrons. The van der Waals surface area contributed by atoms with E-state index in [0.29, 0.717) is 43.4 Å². The highest BCUT2D eigenvalue weighted by molar-refractivity contribution is 7.89. The van der Waals surface area contributed by atoms with E-state index in [0.717, 1.165) is 16.8 Å². The predicted molar refractivity (Wildman–Crippen MR) is 123 cm³/mol. The van der Waals surface area contributed by atoms with Crippen molar-refractivity contribution < 1.29 is 17.6 Å². The fourth-order valence-corrected chi connectivity index (χ4v) is 5.55. The molecule has 0 bridgehead atoms. The molecule has 32 heavy (non-hydrogen) atoms. The molecule has 7 nitrogen and oxygen atoms in total. The van der Waals surface area contributed by atoms with Crippen LogP contribution in [0.2, 0.25) is 0 Å². The van der Waals surface area contributed by atoms with Crippen molar-refractivity contribution in [3.05, 3.63) is 65.5 Å². The molecule has 0 fully saturated rings. The number of hydrogen-bond donors (Lipinski definition) is 0. The minimum absolute atomic E-state index is 0.0842. The minimum atomic E-state index is -3.53. The summed E-state index contributed by atoms with van der Waals surface area (Å²) in [6.45, 7) is 6.81. The van der Waals surface area contributed by atoms with Crippen LogP contribution < -0.4 is 4.90 Å². The Labute approximate surface area is 188 Å². The molecule has 2 heterocycles. The summed E-state index contributed by atoms with van der Waals surface area (Å²) >= 11 is 0. The van der Waals surface area contributed by atoms with Gasteiger partial charge >= 0.3 is 0 Å². The zero-order valence-electron chi connectivity index (χ0n) is 18.5. The molecule has 0 spiro atoms. The monoisotopic (exact) mass is 453 g/mol. The summed E-state index contributed by atoms with van der Waals surface area (Å²) in [5.74, 6) is 1.04. The standard InChI is InChI=1S/C24H27N3O4S/c1-4-26(5-2)32(29,30)20-11-12-22-19(15-20)13-14-27(22)23(28)16-21-17(3)31-24(25-21)18-9-7-6-8-10-18/h6-12,15H,4-5,13-14,16H2,1-3H3. The van der Waals surface area contributed by atoms with Gasteiger partial charge in [-0.2, -0.15) is 4.31 Å². The lowest BCUT2D eigenvalue weighted by atomic mass is 10.2. The molecule has 1 amide bonds. The van der Waals surface area contributed by atoms with E-state index in [1.165, 1.54) is 4.31 Å². The van der Waals surface area contributed by atoms with Crippen molar-refractivity contribution in [3.63, 3.8) is 0 Å². The van der Waals surface area contributed by atoms with E-state index >= 15 is 0 Å². The smallest absolute Gasteiger partial charge is 0.243 e. The zero-order chi connectivity index (χ0) is 22.9. The Morgan fingerprint density at radius 3 is 2.53 bits per heavy atom. The number of aromatic nitrogens is 1. The summed E-state index contributed by atoms with van der Waals surface area (Å²) in [5.41, 5.74) is 3.11. The van der Waals surface area contributed by atoms with E-state index in [1.807, 2.05) is 51.1 Å². The molecule has 1 aliphatic heterocycles. The van der Waals surface area contributed by atoms with Crippen LogP contribution in [0, 0.1) is 6.92 Å². The molecule has 4 rings (SSSR count). The number of fused-ring (bicyclic) bond motifs is 1. The number of carbonyl (C=O) groups is 1. The van der Waals surface area contributed by atoms with Gasteiger partial charge in [0.1, 0.15) is 5.76 Å². The molecule has 0 saturated carbocycles. The molecule has 0 radical (unpaired) electrons. The maximum absolute atomic E-state index is 13.1. The molecule has 3 aromatic rings. The molecule has 1 aliphatic rings. The second-order valence-corrected chi connectivity index (χ2v) is 9.68. The Hall–Kier alpha value is -2.97. The second-order valence-electron chi connectivity index (χ2n) is 7.74. The third-order valence-corrected chi connectivity index (χ3v) is 7.87. The van der Waals surface area contributed by atoms with Crippen molar-refractivity contribution in [2.24, 2.45) is 0 Å². The molecule has 0 N–H and O–H groups in total. The van der Waals surface area contributed by atoms with Gasteiger partial charge in [-0.3, -0.25) is 4.79 Å². The van der Waals surface area contributed by atoms with Gasteiger partial charge in [0.2, 0.25) is 21.8 Å². The number of amides is 1. The first kappa shape index (κ1) is 22.2. The quantitative estimate of drug-likeness (QED) is 0.543. The Kier molecular flexibility index (Phi) is 6.17. The summed E-state index contributed by atoms with van der Waals surface area (Å²) in [5, 5.41) is 0. The van der Waals surface area contributed by atoms with E-state index in [4.69, 9.17) is 4.42 Å². The van der Waals surface area contributed by atoms with Crippen LogP contribution in [-0.2, 0) is 27.7 Å². The first-order valence-electron chi connectivity index (χ1n) is 10.8. The van der Waals surface area contributed by atoms with Gasteiger partial charge in [0.25, 0.3) is 0 Å². The third kappa shape index (κ3) is 4.08. The number of aryl methyl sites for hydroxylation is 1. The number of anilines is 1. The molecular formula is C24H27N3O4S. The molecule has 0 unspecified atom stereocenters. The lowest BCUT2D eigenvalue weighted by molar-refractivity contribution is -0.117. The number of carbonyl (C=O) groups excluding carboxylic acids is 1. The maximum atomic E-state index is 13.1. The van der Waals surface area contributed by atoms with E-state index in [1.54, 1.807) is 23.1 Å². The van der Waals surface area contributed by atoms with E-state index in [2.05, 4.69) is 4.98 Å². The summed E-state index contributed by atoms with van der Waals surface area (Å²) in [6, 6.07) is 14.6. The van der Waals surface area contributed by atoms with Crippen LogP contribution >= 0.6 is 0 Å². The molecule has 0 saturated heterocycles. The van der Waals surface area contributed by atoms with Crippen LogP contribution in [0.3, 0.4) is 0 Å². The van der Waals surface area contributed by atoms with Gasteiger partial charge in [0.15, 0.2) is 0 Å². The maximum Gasteiger partial charge on any atom is 0.243 e. The predicted octanol–water partition coefficient (Wildman–Crippen LogP) is 3.81. The third-order valence-electron chi connectivity index (χ3n) is 5.82. The van der Waals surface area contributed by atoms with Gasteiger partial charge in [-0.25, -0.2) is 13.4 Å². The van der Waals surface area contributed by atoms with Crippen molar-refractivity contribution in [2.45, 2.75) is 38.5 Å². The number of nitrogens with zero attached hydrogens (tertiary/aromatic N) is 3. The Balaban J connectivity index is 1.54. The lowest BCUT2D eigenvalue weighted by Crippen LogP contribution is -2.31. The summed E-state index contributed by atoms with van der Waals surface area (Å²) < 4.78 is 32.9. The molecule has 0 aliphatic carbocycles. The SMILES string of the molecule is CCN(CC)S(=O)(=O)c1ccc2c(c1)CCN2C(=O)Cc1nc(-c2ccccc2)oc1C. The van der Waals surface area contributed by atoms with Gasteiger partial charge < -0.3 is 9.32 Å². The summed E-state index contributed by atoms with van der Waals surface area (Å²) in [6.07, 6.45) is 0.747. The van der Waals surface area contributed by atoms with Crippen LogP contribution in [0.25, 0.3) is 11.5 Å². The lowest BCUT2D eigenvalue weighted by Gasteiger charge is -2.20. The largest absolute Gasteiger partial charge is 0.441 e. The summed E-state index contributed by atoms with van der Waals surface area (Å²) in [7, 11) is -3.53. The highest BCUT2D eigenvalue weighted by Gasteiger charge is 2.29. The van der Waals surface area contributed by atoms with Crippen LogP contribution in [0.1, 0.15) is 30.9 Å². The minimum Gasteiger partial charge on any atom is -0.441 e. The average molecular weight is 454 g/mol. The van der Waals surface area contributed by atoms with Gasteiger partial charge in [-0.05, 0) is 49.2 Å². The summed E-state index contributed by atoms with van der Waals surface area (Å²) in [4.78, 5) is 19.6. The first-order chi connectivity index (χ1) is 15.3. The number of hydrogen-bond acceptors (Lipinski definition) is 5. The highest BCUT2D eigenvalue weighted by Crippen LogP contribution is 2.32. The number of benzene rings is 2. The molecule has 8 heteroatoms. The van der Waals surface area contributed by atoms with Gasteiger partial charge in [0.05, 0.1) is 17.0 Å². The number of oxazole rings is 1. The topological polar surface area (TPSA) is 83.7 Å². The van der Waals surface area contributed by atoms with Gasteiger partial charge in [-0.1, -0.05) is 32.0 Å². The molecule has 2 aromatic carbocycles. The van der Waals surface area contributed by atoms with Crippen molar-refractivity contribution in [3.8, 4) is 11.5 Å². The zero-order valence-corrected chi connectivity index (χ0v) is 19.4. The van der Waals surface area contributed by atoms with Gasteiger partial charge in [-0.15, -0.1) is 0 Å². The van der Waals surface area contributed by atoms with E-state index in [9.17, 15) is 13.2 Å². The van der Waals surface area contributed by atoms with E-state index in [-0.39, 0.29) is 17.2 Å². The Bertz CT molecular complexity index is 1230. The Morgan fingerprint density at radius 1 is 1.12 bits per heavy atom. The van der Waals surface area contributed by atoms with Crippen molar-refractivity contribution in [1.29, 1.82) is 0 Å². The van der Waals surface area contributed by atoms with E-state index < -0.39 is 10.0 Å². The van der Waals surface area contributed by atoms with Crippen LogP contribution in [-0.4, -0.2) is 43.2 Å². The van der Waals surface area contributed by atoms with Crippen LogP contribution in [0.15, 0.2) is 57.8 Å². The number of rotatable bonds is 7. The molecular weight excluding hydrogens is 426 g/mol. The number of sulfonamides is 1.